The van der Waals surface area contributed by atoms with E-state index < -0.39 is 11.8 Å². The fraction of sp³-hybridized carbons (Fsp3) is 0.0588. The second-order valence-electron chi connectivity index (χ2n) is 5.30. The number of rotatable bonds is 4. The number of amides is 2. The molecule has 0 unspecified atom stereocenters. The van der Waals surface area contributed by atoms with E-state index in [4.69, 9.17) is 34.8 Å². The van der Waals surface area contributed by atoms with Crippen LogP contribution >= 0.6 is 34.8 Å². The highest BCUT2D eigenvalue weighted by Gasteiger charge is 2.38. The molecule has 128 valence electrons. The van der Waals surface area contributed by atoms with Crippen molar-refractivity contribution in [1.82, 2.24) is 4.90 Å². The van der Waals surface area contributed by atoms with Gasteiger partial charge in [0.25, 0.3) is 11.8 Å². The number of hydrogen-bond acceptors (Lipinski definition) is 4. The highest BCUT2D eigenvalue weighted by atomic mass is 35.5. The number of imide groups is 1. The van der Waals surface area contributed by atoms with Gasteiger partial charge in [0.1, 0.15) is 16.5 Å². The minimum atomic E-state index is -0.620. The Morgan fingerprint density at radius 3 is 2.24 bits per heavy atom. The molecule has 2 N–H and O–H groups in total. The Kier molecular flexibility index (Phi) is 4.90. The zero-order valence-electron chi connectivity index (χ0n) is 12.6. The standard InChI is InChI=1S/C17H11Cl3N2O3/c18-10-3-1-9(2-4-10)8-22-16(24)14(20)15(17(22)25)21-12-7-11(19)5-6-13(12)23/h1-7,21,23H,8H2. The lowest BCUT2D eigenvalue weighted by Crippen LogP contribution is -2.31. The average molecular weight is 398 g/mol. The summed E-state index contributed by atoms with van der Waals surface area (Å²) in [6.07, 6.45) is 0. The van der Waals surface area contributed by atoms with Crippen molar-refractivity contribution in [1.29, 1.82) is 0 Å². The predicted molar refractivity (Wildman–Crippen MR) is 96.6 cm³/mol. The fourth-order valence-corrected chi connectivity index (χ4v) is 2.84. The Morgan fingerprint density at radius 1 is 0.920 bits per heavy atom. The van der Waals surface area contributed by atoms with Gasteiger partial charge in [0.05, 0.1) is 12.2 Å². The van der Waals surface area contributed by atoms with Crippen molar-refractivity contribution in [3.63, 3.8) is 0 Å². The van der Waals surface area contributed by atoms with Gasteiger partial charge >= 0.3 is 0 Å². The van der Waals surface area contributed by atoms with Gasteiger partial charge in [0, 0.05) is 10.0 Å². The number of phenolic OH excluding ortho intramolecular Hbond substituents is 1. The summed E-state index contributed by atoms with van der Waals surface area (Å²) < 4.78 is 0. The van der Waals surface area contributed by atoms with Crippen LogP contribution in [0.3, 0.4) is 0 Å². The van der Waals surface area contributed by atoms with Gasteiger partial charge in [-0.15, -0.1) is 0 Å². The lowest BCUT2D eigenvalue weighted by atomic mass is 10.2. The van der Waals surface area contributed by atoms with E-state index in [0.717, 1.165) is 10.5 Å². The third-order valence-electron chi connectivity index (χ3n) is 3.58. The third-order valence-corrected chi connectivity index (χ3v) is 4.42. The first-order valence-corrected chi connectivity index (χ1v) is 8.26. The van der Waals surface area contributed by atoms with Crippen molar-refractivity contribution >= 4 is 52.3 Å². The molecule has 2 aromatic carbocycles. The number of halogens is 3. The molecule has 0 aliphatic carbocycles. The van der Waals surface area contributed by atoms with Crippen LogP contribution in [-0.2, 0) is 16.1 Å². The fourth-order valence-electron chi connectivity index (χ4n) is 2.31. The first kappa shape index (κ1) is 17.6. The monoisotopic (exact) mass is 396 g/mol. The number of carbonyl (C=O) groups excluding carboxylic acids is 2. The number of hydrogen-bond donors (Lipinski definition) is 2. The zero-order chi connectivity index (χ0) is 18.1. The Morgan fingerprint density at radius 2 is 1.56 bits per heavy atom. The lowest BCUT2D eigenvalue weighted by molar-refractivity contribution is -0.138. The van der Waals surface area contributed by atoms with Gasteiger partial charge in [-0.1, -0.05) is 46.9 Å². The van der Waals surface area contributed by atoms with Gasteiger partial charge in [-0.3, -0.25) is 14.5 Å². The largest absolute Gasteiger partial charge is 0.506 e. The van der Waals surface area contributed by atoms with Gasteiger partial charge in [-0.2, -0.15) is 0 Å². The van der Waals surface area contributed by atoms with Crippen molar-refractivity contribution in [2.24, 2.45) is 0 Å². The first-order chi connectivity index (χ1) is 11.9. The molecule has 0 spiro atoms. The van der Waals surface area contributed by atoms with E-state index in [2.05, 4.69) is 5.32 Å². The summed E-state index contributed by atoms with van der Waals surface area (Å²) in [7, 11) is 0. The number of nitrogens with one attached hydrogen (secondary N) is 1. The summed E-state index contributed by atoms with van der Waals surface area (Å²) in [4.78, 5) is 25.9. The van der Waals surface area contributed by atoms with Crippen LogP contribution in [-0.4, -0.2) is 21.8 Å². The Bertz CT molecular complexity index is 895. The van der Waals surface area contributed by atoms with E-state index in [1.165, 1.54) is 18.2 Å². The molecular weight excluding hydrogens is 387 g/mol. The summed E-state index contributed by atoms with van der Waals surface area (Å²) >= 11 is 17.7. The summed E-state index contributed by atoms with van der Waals surface area (Å²) in [5.41, 5.74) is 0.788. The molecule has 8 heteroatoms. The Balaban J connectivity index is 1.84. The molecule has 0 aromatic heterocycles. The summed E-state index contributed by atoms with van der Waals surface area (Å²) in [5, 5.41) is 13.2. The molecule has 0 fully saturated rings. The number of nitrogens with zero attached hydrogens (tertiary/aromatic N) is 1. The molecule has 0 saturated carbocycles. The molecular formula is C17H11Cl3N2O3. The van der Waals surface area contributed by atoms with Crippen LogP contribution in [0, 0.1) is 0 Å². The normalized spacial score (nSPS) is 14.4. The number of carbonyl (C=O) groups is 2. The van der Waals surface area contributed by atoms with Crippen molar-refractivity contribution in [3.8, 4) is 5.75 Å². The van der Waals surface area contributed by atoms with Crippen LogP contribution in [0.15, 0.2) is 53.2 Å². The highest BCUT2D eigenvalue weighted by molar-refractivity contribution is 6.48. The molecule has 0 atom stereocenters. The molecule has 1 heterocycles. The van der Waals surface area contributed by atoms with Crippen molar-refractivity contribution in [2.75, 3.05) is 5.32 Å². The van der Waals surface area contributed by atoms with Crippen LogP contribution in [0.5, 0.6) is 5.75 Å². The molecule has 3 rings (SSSR count). The molecule has 0 radical (unpaired) electrons. The van der Waals surface area contributed by atoms with Crippen molar-refractivity contribution < 1.29 is 14.7 Å². The topological polar surface area (TPSA) is 69.6 Å². The zero-order valence-corrected chi connectivity index (χ0v) is 14.9. The van der Waals surface area contributed by atoms with Crippen LogP contribution < -0.4 is 5.32 Å². The van der Waals surface area contributed by atoms with E-state index in [1.54, 1.807) is 24.3 Å². The van der Waals surface area contributed by atoms with Gasteiger partial charge in [0.2, 0.25) is 0 Å². The van der Waals surface area contributed by atoms with Crippen LogP contribution in [0.1, 0.15) is 5.56 Å². The second-order valence-corrected chi connectivity index (χ2v) is 6.55. The van der Waals surface area contributed by atoms with Crippen molar-refractivity contribution in [3.05, 3.63) is 68.8 Å². The smallest absolute Gasteiger partial charge is 0.279 e. The maximum Gasteiger partial charge on any atom is 0.279 e. The number of phenols is 1. The molecule has 2 aromatic rings. The number of benzene rings is 2. The minimum Gasteiger partial charge on any atom is -0.506 e. The summed E-state index contributed by atoms with van der Waals surface area (Å²) in [5.74, 6) is -1.34. The van der Waals surface area contributed by atoms with E-state index in [-0.39, 0.29) is 28.7 Å². The second kappa shape index (κ2) is 6.96. The minimum absolute atomic E-state index is 0.0533. The van der Waals surface area contributed by atoms with E-state index >= 15 is 0 Å². The van der Waals surface area contributed by atoms with E-state index in [9.17, 15) is 14.7 Å². The first-order valence-electron chi connectivity index (χ1n) is 7.13. The van der Waals surface area contributed by atoms with Crippen molar-refractivity contribution in [2.45, 2.75) is 6.54 Å². The van der Waals surface area contributed by atoms with Gasteiger partial charge in [0.15, 0.2) is 0 Å². The SMILES string of the molecule is O=C1C(Cl)=C(Nc2cc(Cl)ccc2O)C(=O)N1Cc1ccc(Cl)cc1. The molecule has 0 bridgehead atoms. The van der Waals surface area contributed by atoms with E-state index in [1.807, 2.05) is 0 Å². The van der Waals surface area contributed by atoms with Crippen LogP contribution in [0.4, 0.5) is 5.69 Å². The predicted octanol–water partition coefficient (Wildman–Crippen LogP) is 4.13. The van der Waals surface area contributed by atoms with Gasteiger partial charge in [-0.25, -0.2) is 0 Å². The number of anilines is 1. The van der Waals surface area contributed by atoms with Gasteiger partial charge < -0.3 is 10.4 Å². The molecule has 2 amide bonds. The average Bonchev–Trinajstić information content (AvgIpc) is 2.78. The maximum atomic E-state index is 12.6. The number of aromatic hydroxyl groups is 1. The quantitative estimate of drug-likeness (QED) is 0.601. The van der Waals surface area contributed by atoms with Crippen LogP contribution in [0.25, 0.3) is 0 Å². The highest BCUT2D eigenvalue weighted by Crippen LogP contribution is 2.32. The molecule has 5 nitrogen and oxygen atoms in total. The Hall–Kier alpha value is -2.21. The molecule has 0 saturated heterocycles. The molecule has 1 aliphatic rings. The summed E-state index contributed by atoms with van der Waals surface area (Å²) in [6.45, 7) is 0.0533. The maximum absolute atomic E-state index is 12.6. The lowest BCUT2D eigenvalue weighted by Gasteiger charge is -2.15. The van der Waals surface area contributed by atoms with Crippen LogP contribution in [0.2, 0.25) is 10.0 Å². The van der Waals surface area contributed by atoms with E-state index in [0.29, 0.717) is 10.0 Å². The van der Waals surface area contributed by atoms with Gasteiger partial charge in [-0.05, 0) is 35.9 Å². The third kappa shape index (κ3) is 3.58. The molecule has 1 aliphatic heterocycles. The molecule has 25 heavy (non-hydrogen) atoms. The Labute approximate surface area is 158 Å². The summed E-state index contributed by atoms with van der Waals surface area (Å²) in [6, 6.07) is 11.0.